The van der Waals surface area contributed by atoms with Crippen LogP contribution in [0.5, 0.6) is 0 Å². The van der Waals surface area contributed by atoms with E-state index in [9.17, 15) is 10.1 Å². The number of nitrogens with zero attached hydrogens (tertiary/aromatic N) is 2. The summed E-state index contributed by atoms with van der Waals surface area (Å²) in [4.78, 5) is 13.9. The van der Waals surface area contributed by atoms with Crippen molar-refractivity contribution in [3.05, 3.63) is 26.9 Å². The van der Waals surface area contributed by atoms with E-state index in [2.05, 4.69) is 32.2 Å². The van der Waals surface area contributed by atoms with Gasteiger partial charge < -0.3 is 5.32 Å². The number of pyridine rings is 1. The molecule has 0 saturated heterocycles. The Bertz CT molecular complexity index is 442. The molecule has 0 fully saturated rings. The van der Waals surface area contributed by atoms with Crippen LogP contribution in [-0.4, -0.2) is 15.9 Å². The zero-order valence-corrected chi connectivity index (χ0v) is 10.2. The molecule has 0 aromatic carbocycles. The molecule has 1 atom stereocenters. The summed E-state index contributed by atoms with van der Waals surface area (Å²) >= 11 is 3.21. The molecular formula is C10H10BrN3O2. The van der Waals surface area contributed by atoms with Crippen LogP contribution in [0.3, 0.4) is 0 Å². The van der Waals surface area contributed by atoms with Gasteiger partial charge in [-0.3, -0.25) is 10.1 Å². The average molecular weight is 284 g/mol. The highest BCUT2D eigenvalue weighted by molar-refractivity contribution is 9.10. The second kappa shape index (κ2) is 5.47. The molecule has 0 saturated carbocycles. The van der Waals surface area contributed by atoms with E-state index in [1.807, 2.05) is 6.92 Å². The first kappa shape index (κ1) is 12.5. The van der Waals surface area contributed by atoms with Crippen molar-refractivity contribution in [2.75, 3.05) is 5.32 Å². The van der Waals surface area contributed by atoms with Crippen LogP contribution in [0.2, 0.25) is 0 Å². The maximum atomic E-state index is 10.5. The zero-order chi connectivity index (χ0) is 12.1. The summed E-state index contributed by atoms with van der Waals surface area (Å²) in [5.41, 5.74) is -0.0537. The number of rotatable bonds is 4. The highest BCUT2D eigenvalue weighted by Gasteiger charge is 2.11. The van der Waals surface area contributed by atoms with Crippen molar-refractivity contribution in [1.29, 1.82) is 0 Å². The van der Waals surface area contributed by atoms with E-state index in [0.29, 0.717) is 16.7 Å². The standard InChI is InChI=1S/C10H10BrN3O2/c1-3-4-7(2)13-10-9(11)5-8(6-12-10)14(15)16/h1,5-7H,4H2,2H3,(H,12,13). The Labute approximate surface area is 102 Å². The van der Waals surface area contributed by atoms with Crippen molar-refractivity contribution in [3.8, 4) is 12.3 Å². The van der Waals surface area contributed by atoms with E-state index in [-0.39, 0.29) is 11.7 Å². The number of halogens is 1. The number of aromatic nitrogens is 1. The Kier molecular flexibility index (Phi) is 4.26. The summed E-state index contributed by atoms with van der Waals surface area (Å²) in [5.74, 6) is 3.07. The third kappa shape index (κ3) is 3.21. The first-order chi connectivity index (χ1) is 7.54. The van der Waals surface area contributed by atoms with Crippen LogP contribution in [0.1, 0.15) is 13.3 Å². The fourth-order valence-electron chi connectivity index (χ4n) is 1.10. The summed E-state index contributed by atoms with van der Waals surface area (Å²) in [5, 5.41) is 13.5. The minimum absolute atomic E-state index is 0.0537. The van der Waals surface area contributed by atoms with Gasteiger partial charge in [-0.15, -0.1) is 12.3 Å². The van der Waals surface area contributed by atoms with Crippen molar-refractivity contribution in [2.45, 2.75) is 19.4 Å². The molecule has 1 aromatic heterocycles. The number of hydrogen-bond donors (Lipinski definition) is 1. The molecule has 0 aliphatic carbocycles. The topological polar surface area (TPSA) is 68.1 Å². The van der Waals surface area contributed by atoms with Crippen LogP contribution in [-0.2, 0) is 0 Å². The van der Waals surface area contributed by atoms with Gasteiger partial charge in [-0.1, -0.05) is 0 Å². The summed E-state index contributed by atoms with van der Waals surface area (Å²) in [7, 11) is 0. The quantitative estimate of drug-likeness (QED) is 0.524. The maximum absolute atomic E-state index is 10.5. The van der Waals surface area contributed by atoms with Crippen LogP contribution in [0.4, 0.5) is 11.5 Å². The lowest BCUT2D eigenvalue weighted by atomic mass is 10.2. The fourth-order valence-corrected chi connectivity index (χ4v) is 1.55. The Morgan fingerprint density at radius 1 is 1.81 bits per heavy atom. The van der Waals surface area contributed by atoms with Crippen molar-refractivity contribution >= 4 is 27.4 Å². The monoisotopic (exact) mass is 283 g/mol. The molecule has 0 radical (unpaired) electrons. The molecule has 5 nitrogen and oxygen atoms in total. The molecule has 0 aliphatic rings. The average Bonchev–Trinajstić information content (AvgIpc) is 2.21. The van der Waals surface area contributed by atoms with Crippen molar-refractivity contribution in [3.63, 3.8) is 0 Å². The fraction of sp³-hybridized carbons (Fsp3) is 0.300. The van der Waals surface area contributed by atoms with Crippen LogP contribution in [0, 0.1) is 22.5 Å². The number of terminal acetylenes is 1. The second-order valence-electron chi connectivity index (χ2n) is 3.23. The first-order valence-corrected chi connectivity index (χ1v) is 5.34. The lowest BCUT2D eigenvalue weighted by Gasteiger charge is -2.12. The van der Waals surface area contributed by atoms with Gasteiger partial charge in [0.1, 0.15) is 12.0 Å². The summed E-state index contributed by atoms with van der Waals surface area (Å²) in [6.45, 7) is 1.91. The van der Waals surface area contributed by atoms with Gasteiger partial charge in [-0.05, 0) is 22.9 Å². The summed E-state index contributed by atoms with van der Waals surface area (Å²) in [6.07, 6.45) is 6.94. The van der Waals surface area contributed by atoms with Crippen LogP contribution in [0.15, 0.2) is 16.7 Å². The molecule has 6 heteroatoms. The molecule has 84 valence electrons. The smallest absolute Gasteiger partial charge is 0.288 e. The predicted octanol–water partition coefficient (Wildman–Crippen LogP) is 2.58. The van der Waals surface area contributed by atoms with Gasteiger partial charge >= 0.3 is 0 Å². The Balaban J connectivity index is 2.84. The SMILES string of the molecule is C#CCC(C)Nc1ncc([N+](=O)[O-])cc1Br. The largest absolute Gasteiger partial charge is 0.366 e. The number of hydrogen-bond acceptors (Lipinski definition) is 4. The molecule has 16 heavy (non-hydrogen) atoms. The van der Waals surface area contributed by atoms with Crippen LogP contribution < -0.4 is 5.32 Å². The van der Waals surface area contributed by atoms with Gasteiger partial charge in [0, 0.05) is 18.5 Å². The normalized spacial score (nSPS) is 11.6. The Morgan fingerprint density at radius 2 is 2.50 bits per heavy atom. The predicted molar refractivity (Wildman–Crippen MR) is 65.1 cm³/mol. The van der Waals surface area contributed by atoms with Crippen molar-refractivity contribution in [1.82, 2.24) is 4.98 Å². The molecule has 0 bridgehead atoms. The van der Waals surface area contributed by atoms with E-state index < -0.39 is 4.92 Å². The van der Waals surface area contributed by atoms with E-state index in [0.717, 1.165) is 0 Å². The van der Waals surface area contributed by atoms with E-state index in [4.69, 9.17) is 6.42 Å². The second-order valence-corrected chi connectivity index (χ2v) is 4.09. The Hall–Kier alpha value is -1.61. The maximum Gasteiger partial charge on any atom is 0.288 e. The highest BCUT2D eigenvalue weighted by atomic mass is 79.9. The summed E-state index contributed by atoms with van der Waals surface area (Å²) in [6, 6.07) is 1.47. The molecule has 1 heterocycles. The van der Waals surface area contributed by atoms with Crippen LogP contribution >= 0.6 is 15.9 Å². The van der Waals surface area contributed by atoms with Gasteiger partial charge in [0.25, 0.3) is 5.69 Å². The number of anilines is 1. The molecule has 0 spiro atoms. The third-order valence-corrected chi connectivity index (χ3v) is 2.45. The molecule has 0 aliphatic heterocycles. The van der Waals surface area contributed by atoms with E-state index >= 15 is 0 Å². The molecule has 0 amide bonds. The summed E-state index contributed by atoms with van der Waals surface area (Å²) < 4.78 is 0.547. The lowest BCUT2D eigenvalue weighted by Crippen LogP contribution is -2.15. The van der Waals surface area contributed by atoms with Crippen LogP contribution in [0.25, 0.3) is 0 Å². The minimum atomic E-state index is -0.494. The molecule has 1 aromatic rings. The highest BCUT2D eigenvalue weighted by Crippen LogP contribution is 2.24. The molecule has 1 unspecified atom stereocenters. The van der Waals surface area contributed by atoms with Gasteiger partial charge in [-0.2, -0.15) is 0 Å². The van der Waals surface area contributed by atoms with Gasteiger partial charge in [-0.25, -0.2) is 4.98 Å². The van der Waals surface area contributed by atoms with Crippen molar-refractivity contribution in [2.24, 2.45) is 0 Å². The van der Waals surface area contributed by atoms with E-state index in [1.54, 1.807) is 0 Å². The van der Waals surface area contributed by atoms with E-state index in [1.165, 1.54) is 12.3 Å². The molecule has 1 rings (SSSR count). The lowest BCUT2D eigenvalue weighted by molar-refractivity contribution is -0.385. The van der Waals surface area contributed by atoms with Gasteiger partial charge in [0.05, 0.1) is 9.40 Å². The number of nitro groups is 1. The number of nitrogens with one attached hydrogen (secondary N) is 1. The molecular weight excluding hydrogens is 274 g/mol. The minimum Gasteiger partial charge on any atom is -0.366 e. The van der Waals surface area contributed by atoms with Gasteiger partial charge in [0.15, 0.2) is 0 Å². The Morgan fingerprint density at radius 3 is 3.00 bits per heavy atom. The third-order valence-electron chi connectivity index (χ3n) is 1.84. The zero-order valence-electron chi connectivity index (χ0n) is 8.61. The van der Waals surface area contributed by atoms with Gasteiger partial charge in [0.2, 0.25) is 0 Å². The molecule has 1 N–H and O–H groups in total. The van der Waals surface area contributed by atoms with Crippen molar-refractivity contribution < 1.29 is 4.92 Å². The first-order valence-electron chi connectivity index (χ1n) is 4.54.